The van der Waals surface area contributed by atoms with Gasteiger partial charge in [0.25, 0.3) is 5.91 Å². The minimum atomic E-state index is 0.107. The molecule has 1 unspecified atom stereocenters. The maximum atomic E-state index is 12.6. The normalized spacial score (nSPS) is 17.8. The minimum Gasteiger partial charge on any atom is -0.373 e. The van der Waals surface area contributed by atoms with E-state index in [1.54, 1.807) is 0 Å². The number of nitrogens with one attached hydrogen (secondary N) is 1. The molecule has 1 aromatic carbocycles. The molecule has 21 heavy (non-hydrogen) atoms. The lowest BCUT2D eigenvalue weighted by atomic mass is 10.1. The van der Waals surface area contributed by atoms with Crippen LogP contribution in [0.3, 0.4) is 0 Å². The Bertz CT molecular complexity index is 610. The van der Waals surface area contributed by atoms with Crippen LogP contribution in [0.2, 0.25) is 0 Å². The summed E-state index contributed by atoms with van der Waals surface area (Å²) in [7, 11) is 1.85. The molecule has 4 nitrogen and oxygen atoms in total. The zero-order valence-electron chi connectivity index (χ0n) is 12.1. The quantitative estimate of drug-likeness (QED) is 0.940. The third kappa shape index (κ3) is 2.75. The Hall–Kier alpha value is -2.36. The van der Waals surface area contributed by atoms with Gasteiger partial charge in [-0.15, -0.1) is 0 Å². The van der Waals surface area contributed by atoms with Crippen LogP contribution < -0.4 is 5.32 Å². The van der Waals surface area contributed by atoms with E-state index in [-0.39, 0.29) is 11.9 Å². The van der Waals surface area contributed by atoms with Crippen molar-refractivity contribution in [2.24, 2.45) is 0 Å². The fourth-order valence-corrected chi connectivity index (χ4v) is 2.85. The molecule has 1 aliphatic heterocycles. The third-order valence-corrected chi connectivity index (χ3v) is 3.96. The molecule has 0 bridgehead atoms. The predicted octanol–water partition coefficient (Wildman–Crippen LogP) is 3.10. The smallest absolute Gasteiger partial charge is 0.254 e. The van der Waals surface area contributed by atoms with Crippen LogP contribution in [-0.4, -0.2) is 29.4 Å². The van der Waals surface area contributed by atoms with E-state index in [9.17, 15) is 4.79 Å². The molecule has 0 saturated carbocycles. The maximum absolute atomic E-state index is 12.6. The van der Waals surface area contributed by atoms with E-state index in [1.165, 1.54) is 0 Å². The SMILES string of the molecule is CNc1ccc(C2CCCN2C(=O)c2ccccc2)cn1. The number of amides is 1. The van der Waals surface area contributed by atoms with E-state index in [4.69, 9.17) is 0 Å². The number of anilines is 1. The summed E-state index contributed by atoms with van der Waals surface area (Å²) in [4.78, 5) is 19.0. The minimum absolute atomic E-state index is 0.107. The Morgan fingerprint density at radius 3 is 2.71 bits per heavy atom. The lowest BCUT2D eigenvalue weighted by Gasteiger charge is -2.25. The van der Waals surface area contributed by atoms with Gasteiger partial charge >= 0.3 is 0 Å². The zero-order valence-corrected chi connectivity index (χ0v) is 12.1. The van der Waals surface area contributed by atoms with E-state index in [1.807, 2.05) is 54.5 Å². The molecule has 1 aliphatic rings. The van der Waals surface area contributed by atoms with Gasteiger partial charge in [0, 0.05) is 25.4 Å². The van der Waals surface area contributed by atoms with Gasteiger partial charge in [-0.1, -0.05) is 24.3 Å². The second kappa shape index (κ2) is 5.95. The maximum Gasteiger partial charge on any atom is 0.254 e. The average molecular weight is 281 g/mol. The largest absolute Gasteiger partial charge is 0.373 e. The molecule has 108 valence electrons. The fraction of sp³-hybridized carbons (Fsp3) is 0.294. The Labute approximate surface area is 124 Å². The van der Waals surface area contributed by atoms with Gasteiger partial charge in [-0.05, 0) is 36.6 Å². The van der Waals surface area contributed by atoms with Gasteiger partial charge in [0.15, 0.2) is 0 Å². The molecule has 1 aromatic heterocycles. The van der Waals surface area contributed by atoms with Gasteiger partial charge in [0.2, 0.25) is 0 Å². The van der Waals surface area contributed by atoms with Crippen LogP contribution in [0.4, 0.5) is 5.82 Å². The van der Waals surface area contributed by atoms with Crippen molar-refractivity contribution < 1.29 is 4.79 Å². The number of hydrogen-bond donors (Lipinski definition) is 1. The standard InChI is InChI=1S/C17H19N3O/c1-18-16-10-9-14(12-19-16)15-8-5-11-20(15)17(21)13-6-3-2-4-7-13/h2-4,6-7,9-10,12,15H,5,8,11H2,1H3,(H,18,19). The summed E-state index contributed by atoms with van der Waals surface area (Å²) in [5, 5.41) is 3.01. The number of likely N-dealkylation sites (tertiary alicyclic amines) is 1. The van der Waals surface area contributed by atoms with Crippen molar-refractivity contribution in [1.29, 1.82) is 0 Å². The highest BCUT2D eigenvalue weighted by atomic mass is 16.2. The topological polar surface area (TPSA) is 45.2 Å². The van der Waals surface area contributed by atoms with Crippen molar-refractivity contribution in [2.75, 3.05) is 18.9 Å². The van der Waals surface area contributed by atoms with Gasteiger partial charge in [0.05, 0.1) is 6.04 Å². The van der Waals surface area contributed by atoms with Gasteiger partial charge in [-0.2, -0.15) is 0 Å². The molecule has 1 atom stereocenters. The van der Waals surface area contributed by atoms with Crippen molar-refractivity contribution >= 4 is 11.7 Å². The average Bonchev–Trinajstić information content (AvgIpc) is 3.04. The molecule has 4 heteroatoms. The first-order valence-electron chi connectivity index (χ1n) is 7.29. The lowest BCUT2D eigenvalue weighted by molar-refractivity contribution is 0.0735. The fourth-order valence-electron chi connectivity index (χ4n) is 2.85. The molecule has 2 aromatic rings. The summed E-state index contributed by atoms with van der Waals surface area (Å²) >= 11 is 0. The van der Waals surface area contributed by atoms with Crippen LogP contribution in [0.5, 0.6) is 0 Å². The Balaban J connectivity index is 1.83. The van der Waals surface area contributed by atoms with Gasteiger partial charge in [-0.25, -0.2) is 4.98 Å². The number of carbonyl (C=O) groups excluding carboxylic acids is 1. The number of hydrogen-bond acceptors (Lipinski definition) is 3. The number of benzene rings is 1. The molecule has 1 saturated heterocycles. The first-order chi connectivity index (χ1) is 10.3. The van der Waals surface area contributed by atoms with Crippen LogP contribution in [-0.2, 0) is 0 Å². The van der Waals surface area contributed by atoms with E-state index in [0.717, 1.165) is 36.3 Å². The van der Waals surface area contributed by atoms with Crippen LogP contribution in [0.25, 0.3) is 0 Å². The number of carbonyl (C=O) groups is 1. The summed E-state index contributed by atoms with van der Waals surface area (Å²) in [6.45, 7) is 0.812. The Kier molecular flexibility index (Phi) is 3.86. The molecule has 0 spiro atoms. The first kappa shape index (κ1) is 13.6. The number of rotatable bonds is 3. The van der Waals surface area contributed by atoms with Crippen molar-refractivity contribution in [3.63, 3.8) is 0 Å². The van der Waals surface area contributed by atoms with Gasteiger partial charge < -0.3 is 10.2 Å². The third-order valence-electron chi connectivity index (χ3n) is 3.96. The molecule has 1 amide bonds. The van der Waals surface area contributed by atoms with Crippen molar-refractivity contribution in [1.82, 2.24) is 9.88 Å². The second-order valence-electron chi connectivity index (χ2n) is 5.25. The van der Waals surface area contributed by atoms with Gasteiger partial charge in [-0.3, -0.25) is 4.79 Å². The molecule has 3 rings (SSSR count). The molecule has 2 heterocycles. The zero-order chi connectivity index (χ0) is 14.7. The summed E-state index contributed by atoms with van der Waals surface area (Å²) in [6.07, 6.45) is 3.91. The summed E-state index contributed by atoms with van der Waals surface area (Å²) < 4.78 is 0. The Morgan fingerprint density at radius 2 is 2.05 bits per heavy atom. The summed E-state index contributed by atoms with van der Waals surface area (Å²) in [5.41, 5.74) is 1.86. The molecule has 0 aliphatic carbocycles. The molecular weight excluding hydrogens is 262 g/mol. The molecule has 0 radical (unpaired) electrons. The number of nitrogens with zero attached hydrogens (tertiary/aromatic N) is 2. The monoisotopic (exact) mass is 281 g/mol. The first-order valence-corrected chi connectivity index (χ1v) is 7.29. The predicted molar refractivity (Wildman–Crippen MR) is 83.2 cm³/mol. The van der Waals surface area contributed by atoms with E-state index in [2.05, 4.69) is 16.4 Å². The van der Waals surface area contributed by atoms with Crippen LogP contribution in [0.1, 0.15) is 34.8 Å². The lowest BCUT2D eigenvalue weighted by Crippen LogP contribution is -2.30. The highest BCUT2D eigenvalue weighted by Gasteiger charge is 2.30. The van der Waals surface area contributed by atoms with Crippen molar-refractivity contribution in [2.45, 2.75) is 18.9 Å². The van der Waals surface area contributed by atoms with E-state index < -0.39 is 0 Å². The van der Waals surface area contributed by atoms with Crippen LogP contribution in [0, 0.1) is 0 Å². The van der Waals surface area contributed by atoms with Crippen molar-refractivity contribution in [3.05, 3.63) is 59.8 Å². The molecule has 1 N–H and O–H groups in total. The summed E-state index contributed by atoms with van der Waals surface area (Å²) in [6, 6.07) is 13.6. The molecule has 1 fully saturated rings. The van der Waals surface area contributed by atoms with E-state index in [0.29, 0.717) is 0 Å². The highest BCUT2D eigenvalue weighted by molar-refractivity contribution is 5.94. The highest BCUT2D eigenvalue weighted by Crippen LogP contribution is 2.33. The summed E-state index contributed by atoms with van der Waals surface area (Å²) in [5.74, 6) is 0.952. The van der Waals surface area contributed by atoms with Crippen LogP contribution >= 0.6 is 0 Å². The van der Waals surface area contributed by atoms with Crippen LogP contribution in [0.15, 0.2) is 48.7 Å². The number of pyridine rings is 1. The second-order valence-corrected chi connectivity index (χ2v) is 5.25. The van der Waals surface area contributed by atoms with Crippen molar-refractivity contribution in [3.8, 4) is 0 Å². The van der Waals surface area contributed by atoms with E-state index >= 15 is 0 Å². The Morgan fingerprint density at radius 1 is 1.24 bits per heavy atom. The molecular formula is C17H19N3O. The number of aromatic nitrogens is 1. The van der Waals surface area contributed by atoms with Gasteiger partial charge in [0.1, 0.15) is 5.82 Å².